The molecule has 1 aromatic heterocycles. The van der Waals surface area contributed by atoms with Crippen molar-refractivity contribution in [2.45, 2.75) is 44.9 Å². The maximum absolute atomic E-state index is 13.1. The van der Waals surface area contributed by atoms with Gasteiger partial charge in [0.1, 0.15) is 11.5 Å². The van der Waals surface area contributed by atoms with Gasteiger partial charge in [0.2, 0.25) is 0 Å². The maximum atomic E-state index is 13.1. The summed E-state index contributed by atoms with van der Waals surface area (Å²) in [5.41, 5.74) is 1.84. The standard InChI is InChI=1S/C18H22FN3O4/c1-11(2)22-16(8-7-14(23)9-15(24)10-17(25)26)18(20-21-22)12-3-5-13(19)6-4-12/h3-8,11,14-15,23-24H,9-10H2,1-2H3,(H,25,26)/b8-7+. The van der Waals surface area contributed by atoms with Gasteiger partial charge in [0.15, 0.2) is 0 Å². The Morgan fingerprint density at radius 1 is 1.27 bits per heavy atom. The Labute approximate surface area is 150 Å². The minimum absolute atomic E-state index is 0.00564. The van der Waals surface area contributed by atoms with Crippen LogP contribution in [-0.4, -0.2) is 48.5 Å². The molecule has 0 radical (unpaired) electrons. The van der Waals surface area contributed by atoms with Crippen molar-refractivity contribution >= 4 is 12.0 Å². The monoisotopic (exact) mass is 363 g/mol. The van der Waals surface area contributed by atoms with Gasteiger partial charge in [-0.3, -0.25) is 4.79 Å². The topological polar surface area (TPSA) is 108 Å². The molecule has 0 spiro atoms. The van der Waals surface area contributed by atoms with Crippen LogP contribution in [0.5, 0.6) is 0 Å². The second-order valence-corrected chi connectivity index (χ2v) is 6.28. The lowest BCUT2D eigenvalue weighted by Crippen LogP contribution is -2.19. The molecule has 0 saturated carbocycles. The second kappa shape index (κ2) is 8.68. The zero-order valence-corrected chi connectivity index (χ0v) is 14.6. The third-order valence-electron chi connectivity index (χ3n) is 3.74. The maximum Gasteiger partial charge on any atom is 0.305 e. The average molecular weight is 363 g/mol. The summed E-state index contributed by atoms with van der Waals surface area (Å²) in [6, 6.07) is 5.84. The lowest BCUT2D eigenvalue weighted by molar-refractivity contribution is -0.139. The molecule has 2 unspecified atom stereocenters. The quantitative estimate of drug-likeness (QED) is 0.664. The number of carboxylic acids is 1. The fourth-order valence-corrected chi connectivity index (χ4v) is 2.50. The van der Waals surface area contributed by atoms with E-state index in [4.69, 9.17) is 5.11 Å². The number of aliphatic carboxylic acids is 1. The van der Waals surface area contributed by atoms with Crippen molar-refractivity contribution in [2.24, 2.45) is 0 Å². The number of hydrogen-bond acceptors (Lipinski definition) is 5. The Kier molecular flexibility index (Phi) is 6.59. The third-order valence-corrected chi connectivity index (χ3v) is 3.74. The van der Waals surface area contributed by atoms with Crippen LogP contribution >= 0.6 is 0 Å². The minimum atomic E-state index is -1.14. The van der Waals surface area contributed by atoms with Gasteiger partial charge in [-0.1, -0.05) is 11.3 Å². The van der Waals surface area contributed by atoms with Crippen molar-refractivity contribution in [1.82, 2.24) is 15.0 Å². The number of rotatable bonds is 8. The first-order chi connectivity index (χ1) is 12.3. The molecule has 140 valence electrons. The fourth-order valence-electron chi connectivity index (χ4n) is 2.50. The van der Waals surface area contributed by atoms with Crippen molar-refractivity contribution in [3.05, 3.63) is 41.9 Å². The molecule has 1 heterocycles. The van der Waals surface area contributed by atoms with Gasteiger partial charge < -0.3 is 15.3 Å². The van der Waals surface area contributed by atoms with Crippen LogP contribution in [-0.2, 0) is 4.79 Å². The van der Waals surface area contributed by atoms with Gasteiger partial charge in [-0.25, -0.2) is 9.07 Å². The lowest BCUT2D eigenvalue weighted by atomic mass is 10.1. The van der Waals surface area contributed by atoms with E-state index in [0.717, 1.165) is 0 Å². The number of carboxylic acid groups (broad SMARTS) is 1. The molecule has 2 atom stereocenters. The first-order valence-corrected chi connectivity index (χ1v) is 8.25. The molecule has 0 aliphatic carbocycles. The number of nitrogens with zero attached hydrogens (tertiary/aromatic N) is 3. The molecule has 26 heavy (non-hydrogen) atoms. The smallest absolute Gasteiger partial charge is 0.305 e. The number of hydrogen-bond donors (Lipinski definition) is 3. The van der Waals surface area contributed by atoms with E-state index in [0.29, 0.717) is 17.0 Å². The highest BCUT2D eigenvalue weighted by Crippen LogP contribution is 2.25. The first kappa shape index (κ1) is 19.7. The largest absolute Gasteiger partial charge is 0.481 e. The van der Waals surface area contributed by atoms with Crippen molar-refractivity contribution in [2.75, 3.05) is 0 Å². The zero-order valence-electron chi connectivity index (χ0n) is 14.6. The van der Waals surface area contributed by atoms with Gasteiger partial charge >= 0.3 is 5.97 Å². The Morgan fingerprint density at radius 3 is 2.50 bits per heavy atom. The predicted octanol–water partition coefficient (Wildman–Crippen LogP) is 2.26. The van der Waals surface area contributed by atoms with Gasteiger partial charge in [0, 0.05) is 18.0 Å². The normalized spacial score (nSPS) is 14.1. The summed E-state index contributed by atoms with van der Waals surface area (Å²) < 4.78 is 14.8. The molecule has 7 nitrogen and oxygen atoms in total. The SMILES string of the molecule is CC(C)n1nnc(-c2ccc(F)cc2)c1/C=C/C(O)CC(O)CC(=O)O. The van der Waals surface area contributed by atoms with Gasteiger partial charge in [0.05, 0.1) is 24.3 Å². The zero-order chi connectivity index (χ0) is 19.3. The van der Waals surface area contributed by atoms with E-state index in [1.165, 1.54) is 18.2 Å². The van der Waals surface area contributed by atoms with Crippen molar-refractivity contribution in [3.8, 4) is 11.3 Å². The number of halogens is 1. The molecule has 0 aliphatic rings. The molecule has 1 aromatic carbocycles. The number of carbonyl (C=O) groups is 1. The Balaban J connectivity index is 2.25. The van der Waals surface area contributed by atoms with Gasteiger partial charge in [-0.2, -0.15) is 0 Å². The van der Waals surface area contributed by atoms with Crippen LogP contribution in [0.4, 0.5) is 4.39 Å². The molecular formula is C18H22FN3O4. The molecule has 2 rings (SSSR count). The number of aliphatic hydroxyl groups is 2. The van der Waals surface area contributed by atoms with E-state index >= 15 is 0 Å². The van der Waals surface area contributed by atoms with Gasteiger partial charge in [-0.05, 0) is 44.2 Å². The highest BCUT2D eigenvalue weighted by Gasteiger charge is 2.16. The van der Waals surface area contributed by atoms with Crippen LogP contribution < -0.4 is 0 Å². The highest BCUT2D eigenvalue weighted by atomic mass is 19.1. The molecule has 0 aliphatic heterocycles. The molecule has 3 N–H and O–H groups in total. The number of aromatic nitrogens is 3. The van der Waals surface area contributed by atoms with Crippen LogP contribution in [0.15, 0.2) is 30.3 Å². The summed E-state index contributed by atoms with van der Waals surface area (Å²) in [6.45, 7) is 3.85. The lowest BCUT2D eigenvalue weighted by Gasteiger charge is -2.12. The summed E-state index contributed by atoms with van der Waals surface area (Å²) in [7, 11) is 0. The van der Waals surface area contributed by atoms with Crippen LogP contribution in [0.2, 0.25) is 0 Å². The summed E-state index contributed by atoms with van der Waals surface area (Å²) >= 11 is 0. The van der Waals surface area contributed by atoms with Gasteiger partial charge in [0.25, 0.3) is 0 Å². The summed E-state index contributed by atoms with van der Waals surface area (Å²) in [5.74, 6) is -1.49. The van der Waals surface area contributed by atoms with E-state index in [2.05, 4.69) is 10.3 Å². The summed E-state index contributed by atoms with van der Waals surface area (Å²) in [6.07, 6.45) is 0.375. The number of aliphatic hydroxyl groups excluding tert-OH is 2. The van der Waals surface area contributed by atoms with E-state index in [1.807, 2.05) is 13.8 Å². The fraction of sp³-hybridized carbons (Fsp3) is 0.389. The van der Waals surface area contributed by atoms with Crippen molar-refractivity contribution < 1.29 is 24.5 Å². The van der Waals surface area contributed by atoms with Crippen LogP contribution in [0.3, 0.4) is 0 Å². The first-order valence-electron chi connectivity index (χ1n) is 8.25. The summed E-state index contributed by atoms with van der Waals surface area (Å²) in [4.78, 5) is 10.6. The minimum Gasteiger partial charge on any atom is -0.481 e. The Morgan fingerprint density at radius 2 is 1.92 bits per heavy atom. The van der Waals surface area contributed by atoms with Crippen LogP contribution in [0, 0.1) is 5.82 Å². The average Bonchev–Trinajstić information content (AvgIpc) is 2.96. The van der Waals surface area contributed by atoms with Crippen LogP contribution in [0.1, 0.15) is 38.4 Å². The molecule has 0 amide bonds. The van der Waals surface area contributed by atoms with E-state index in [9.17, 15) is 19.4 Å². The highest BCUT2D eigenvalue weighted by molar-refractivity contribution is 5.69. The molecule has 2 aromatic rings. The number of benzene rings is 1. The molecule has 0 fully saturated rings. The molecule has 8 heteroatoms. The molecule has 0 bridgehead atoms. The molecular weight excluding hydrogens is 341 g/mol. The van der Waals surface area contributed by atoms with Crippen molar-refractivity contribution in [3.63, 3.8) is 0 Å². The van der Waals surface area contributed by atoms with E-state index in [1.54, 1.807) is 22.9 Å². The van der Waals surface area contributed by atoms with E-state index in [-0.39, 0.29) is 18.3 Å². The van der Waals surface area contributed by atoms with Crippen molar-refractivity contribution in [1.29, 1.82) is 0 Å². The predicted molar refractivity (Wildman–Crippen MR) is 93.7 cm³/mol. The van der Waals surface area contributed by atoms with Crippen LogP contribution in [0.25, 0.3) is 17.3 Å². The summed E-state index contributed by atoms with van der Waals surface area (Å²) in [5, 5.41) is 36.5. The molecule has 0 saturated heterocycles. The van der Waals surface area contributed by atoms with Gasteiger partial charge in [-0.15, -0.1) is 5.10 Å². The third kappa shape index (κ3) is 5.21. The Bertz CT molecular complexity index is 771. The Hall–Kier alpha value is -2.58. The second-order valence-electron chi connectivity index (χ2n) is 6.28. The van der Waals surface area contributed by atoms with E-state index < -0.39 is 24.6 Å².